The summed E-state index contributed by atoms with van der Waals surface area (Å²) in [5.41, 5.74) is 1.71. The molecule has 0 aliphatic heterocycles. The summed E-state index contributed by atoms with van der Waals surface area (Å²) in [7, 11) is 0. The van der Waals surface area contributed by atoms with Crippen LogP contribution in [0.3, 0.4) is 0 Å². The highest BCUT2D eigenvalue weighted by atomic mass is 32.1. The lowest BCUT2D eigenvalue weighted by Crippen LogP contribution is -2.12. The van der Waals surface area contributed by atoms with Crippen molar-refractivity contribution in [3.8, 4) is 10.6 Å². The second kappa shape index (κ2) is 6.50. The number of anilines is 1. The summed E-state index contributed by atoms with van der Waals surface area (Å²) >= 11 is 1.47. The van der Waals surface area contributed by atoms with Crippen LogP contribution in [0.25, 0.3) is 16.2 Å². The molecule has 0 saturated heterocycles. The number of carbonyl (C=O) groups is 1. The molecule has 3 rings (SSSR count). The van der Waals surface area contributed by atoms with Crippen LogP contribution in [0.4, 0.5) is 5.82 Å². The van der Waals surface area contributed by atoms with Gasteiger partial charge in [0.1, 0.15) is 11.5 Å². The molecule has 0 spiro atoms. The maximum atomic E-state index is 11.5. The Balaban J connectivity index is 1.93. The zero-order valence-electron chi connectivity index (χ0n) is 13.5. The molecule has 0 saturated carbocycles. The SMILES string of the molecule is CCC(C)CNc1ccc2ncc(-c3ccc(C(C)=O)s3)n2n1. The number of nitrogens with one attached hydrogen (secondary N) is 1. The second-order valence-corrected chi connectivity index (χ2v) is 6.83. The smallest absolute Gasteiger partial charge is 0.169 e. The fourth-order valence-electron chi connectivity index (χ4n) is 2.22. The lowest BCUT2D eigenvalue weighted by molar-refractivity contribution is 0.102. The van der Waals surface area contributed by atoms with E-state index in [1.807, 2.05) is 28.8 Å². The third-order valence-electron chi connectivity index (χ3n) is 3.90. The molecule has 0 aliphatic rings. The minimum absolute atomic E-state index is 0.0824. The number of carbonyl (C=O) groups excluding carboxylic acids is 1. The van der Waals surface area contributed by atoms with Gasteiger partial charge in [0.05, 0.1) is 16.0 Å². The average Bonchev–Trinajstić information content (AvgIpc) is 3.18. The van der Waals surface area contributed by atoms with Crippen molar-refractivity contribution < 1.29 is 4.79 Å². The van der Waals surface area contributed by atoms with E-state index in [1.165, 1.54) is 11.3 Å². The van der Waals surface area contributed by atoms with E-state index < -0.39 is 0 Å². The monoisotopic (exact) mass is 328 g/mol. The van der Waals surface area contributed by atoms with Crippen molar-refractivity contribution in [3.05, 3.63) is 35.3 Å². The summed E-state index contributed by atoms with van der Waals surface area (Å²) in [4.78, 5) is 17.6. The number of ketones is 1. The van der Waals surface area contributed by atoms with Crippen LogP contribution < -0.4 is 5.32 Å². The third-order valence-corrected chi connectivity index (χ3v) is 5.10. The average molecular weight is 328 g/mol. The largest absolute Gasteiger partial charge is 0.368 e. The van der Waals surface area contributed by atoms with Gasteiger partial charge in [0.15, 0.2) is 11.4 Å². The molecular formula is C17H20N4OS. The number of nitrogens with zero attached hydrogens (tertiary/aromatic N) is 3. The van der Waals surface area contributed by atoms with Gasteiger partial charge in [0.2, 0.25) is 0 Å². The van der Waals surface area contributed by atoms with Gasteiger partial charge in [-0.05, 0) is 37.1 Å². The molecule has 0 fully saturated rings. The Morgan fingerprint density at radius 1 is 1.35 bits per heavy atom. The Kier molecular flexibility index (Phi) is 4.43. The van der Waals surface area contributed by atoms with Crippen molar-refractivity contribution in [1.29, 1.82) is 0 Å². The maximum absolute atomic E-state index is 11.5. The first-order chi connectivity index (χ1) is 11.1. The molecule has 1 atom stereocenters. The van der Waals surface area contributed by atoms with Crippen molar-refractivity contribution in [2.45, 2.75) is 27.2 Å². The molecule has 0 aromatic carbocycles. The Labute approximate surface area is 139 Å². The van der Waals surface area contributed by atoms with Gasteiger partial charge in [-0.1, -0.05) is 20.3 Å². The van der Waals surface area contributed by atoms with Crippen LogP contribution >= 0.6 is 11.3 Å². The van der Waals surface area contributed by atoms with Gasteiger partial charge in [-0.2, -0.15) is 0 Å². The van der Waals surface area contributed by atoms with E-state index in [9.17, 15) is 4.79 Å². The number of fused-ring (bicyclic) bond motifs is 1. The molecule has 120 valence electrons. The minimum atomic E-state index is 0.0824. The van der Waals surface area contributed by atoms with Crippen LogP contribution in [-0.4, -0.2) is 26.9 Å². The van der Waals surface area contributed by atoms with Crippen LogP contribution in [0.1, 0.15) is 36.9 Å². The standard InChI is InChI=1S/C17H20N4OS/c1-4-11(2)9-18-16-7-8-17-19-10-13(21(17)20-16)15-6-5-14(23-15)12(3)22/h5-8,10-11H,4,9H2,1-3H3,(H,18,20). The van der Waals surface area contributed by atoms with Gasteiger partial charge in [0.25, 0.3) is 0 Å². The fourth-order valence-corrected chi connectivity index (χ4v) is 3.12. The zero-order valence-corrected chi connectivity index (χ0v) is 14.4. The molecule has 0 amide bonds. The lowest BCUT2D eigenvalue weighted by Gasteiger charge is -2.10. The topological polar surface area (TPSA) is 59.3 Å². The minimum Gasteiger partial charge on any atom is -0.368 e. The molecule has 1 N–H and O–H groups in total. The normalized spacial score (nSPS) is 12.5. The third kappa shape index (κ3) is 3.27. The molecule has 3 aromatic heterocycles. The van der Waals surface area contributed by atoms with E-state index in [0.29, 0.717) is 5.92 Å². The molecular weight excluding hydrogens is 308 g/mol. The summed E-state index contributed by atoms with van der Waals surface area (Å²) in [6.45, 7) is 6.87. The molecule has 6 heteroatoms. The van der Waals surface area contributed by atoms with E-state index in [-0.39, 0.29) is 5.78 Å². The first-order valence-corrected chi connectivity index (χ1v) is 8.60. The van der Waals surface area contributed by atoms with Gasteiger partial charge in [-0.25, -0.2) is 9.50 Å². The highest BCUT2D eigenvalue weighted by Gasteiger charge is 2.12. The lowest BCUT2D eigenvalue weighted by atomic mass is 10.1. The summed E-state index contributed by atoms with van der Waals surface area (Å²) in [5.74, 6) is 1.52. The number of rotatable bonds is 6. The van der Waals surface area contributed by atoms with Gasteiger partial charge in [-0.15, -0.1) is 16.4 Å². The molecule has 0 bridgehead atoms. The molecule has 1 unspecified atom stereocenters. The zero-order chi connectivity index (χ0) is 16.4. The molecule has 0 radical (unpaired) electrons. The quantitative estimate of drug-likeness (QED) is 0.692. The first-order valence-electron chi connectivity index (χ1n) is 7.78. The van der Waals surface area contributed by atoms with Crippen molar-refractivity contribution in [1.82, 2.24) is 14.6 Å². The number of hydrogen-bond acceptors (Lipinski definition) is 5. The fraction of sp³-hybridized carbons (Fsp3) is 0.353. The number of Topliss-reactive ketones (excluding diaryl/α,β-unsaturated/α-hetero) is 1. The van der Waals surface area contributed by atoms with Crippen LogP contribution in [0.15, 0.2) is 30.5 Å². The Morgan fingerprint density at radius 3 is 2.87 bits per heavy atom. The Bertz CT molecular complexity index is 836. The van der Waals surface area contributed by atoms with E-state index in [4.69, 9.17) is 0 Å². The Hall–Kier alpha value is -2.21. The predicted octanol–water partition coefficient (Wildman–Crippen LogP) is 4.12. The first kappa shape index (κ1) is 15.7. The van der Waals surface area contributed by atoms with Crippen LogP contribution in [0.5, 0.6) is 0 Å². The van der Waals surface area contributed by atoms with E-state index in [0.717, 1.165) is 39.9 Å². The molecule has 3 heterocycles. The van der Waals surface area contributed by atoms with Crippen LogP contribution in [0, 0.1) is 5.92 Å². The highest BCUT2D eigenvalue weighted by Crippen LogP contribution is 2.28. The van der Waals surface area contributed by atoms with Gasteiger partial charge in [-0.3, -0.25) is 4.79 Å². The van der Waals surface area contributed by atoms with Crippen molar-refractivity contribution in [2.24, 2.45) is 5.92 Å². The van der Waals surface area contributed by atoms with Crippen molar-refractivity contribution in [2.75, 3.05) is 11.9 Å². The molecule has 0 aliphatic carbocycles. The summed E-state index contributed by atoms with van der Waals surface area (Å²) < 4.78 is 1.83. The number of aromatic nitrogens is 3. The summed E-state index contributed by atoms with van der Waals surface area (Å²) in [5, 5.41) is 8.01. The summed E-state index contributed by atoms with van der Waals surface area (Å²) in [6.07, 6.45) is 2.94. The van der Waals surface area contributed by atoms with Crippen LogP contribution in [-0.2, 0) is 0 Å². The van der Waals surface area contributed by atoms with E-state index in [1.54, 1.807) is 13.1 Å². The molecule has 3 aromatic rings. The maximum Gasteiger partial charge on any atom is 0.169 e. The van der Waals surface area contributed by atoms with Crippen molar-refractivity contribution in [3.63, 3.8) is 0 Å². The van der Waals surface area contributed by atoms with Crippen LogP contribution in [0.2, 0.25) is 0 Å². The predicted molar refractivity (Wildman–Crippen MR) is 94.2 cm³/mol. The number of thiophene rings is 1. The van der Waals surface area contributed by atoms with E-state index in [2.05, 4.69) is 29.2 Å². The number of imidazole rings is 1. The molecule has 5 nitrogen and oxygen atoms in total. The van der Waals surface area contributed by atoms with Gasteiger partial charge in [0, 0.05) is 6.54 Å². The van der Waals surface area contributed by atoms with Gasteiger partial charge < -0.3 is 5.32 Å². The molecule has 23 heavy (non-hydrogen) atoms. The van der Waals surface area contributed by atoms with E-state index >= 15 is 0 Å². The Morgan fingerprint density at radius 2 is 2.17 bits per heavy atom. The van der Waals surface area contributed by atoms with Gasteiger partial charge >= 0.3 is 0 Å². The highest BCUT2D eigenvalue weighted by molar-refractivity contribution is 7.17. The summed E-state index contributed by atoms with van der Waals surface area (Å²) in [6, 6.07) is 7.71. The van der Waals surface area contributed by atoms with Crippen molar-refractivity contribution >= 4 is 28.6 Å². The second-order valence-electron chi connectivity index (χ2n) is 5.75. The number of hydrogen-bond donors (Lipinski definition) is 1.